The Morgan fingerprint density at radius 1 is 0.967 bits per heavy atom. The molecule has 5 heteroatoms. The molecule has 0 saturated carbocycles. The second kappa shape index (κ2) is 8.91. The number of hydrogen-bond donors (Lipinski definition) is 1. The van der Waals surface area contributed by atoms with E-state index < -0.39 is 0 Å². The van der Waals surface area contributed by atoms with E-state index in [2.05, 4.69) is 39.1 Å². The van der Waals surface area contributed by atoms with Gasteiger partial charge in [-0.3, -0.25) is 4.79 Å². The summed E-state index contributed by atoms with van der Waals surface area (Å²) in [6.45, 7) is 5.22. The van der Waals surface area contributed by atoms with Crippen LogP contribution in [0.25, 0.3) is 11.2 Å². The van der Waals surface area contributed by atoms with Crippen LogP contribution in [0.5, 0.6) is 0 Å². The lowest BCUT2D eigenvalue weighted by Crippen LogP contribution is -2.28. The van der Waals surface area contributed by atoms with Gasteiger partial charge < -0.3 is 9.88 Å². The van der Waals surface area contributed by atoms with Gasteiger partial charge in [0.05, 0.1) is 0 Å². The van der Waals surface area contributed by atoms with Crippen molar-refractivity contribution in [2.45, 2.75) is 33.2 Å². The average molecular weight is 399 g/mol. The minimum absolute atomic E-state index is 0.0543. The van der Waals surface area contributed by atoms with Gasteiger partial charge in [0.1, 0.15) is 11.3 Å². The third-order valence-corrected chi connectivity index (χ3v) is 5.45. The molecule has 4 aromatic rings. The third-order valence-electron chi connectivity index (χ3n) is 5.45. The molecule has 0 saturated heterocycles. The first-order valence-corrected chi connectivity index (χ1v) is 10.3. The van der Waals surface area contributed by atoms with E-state index >= 15 is 0 Å². The van der Waals surface area contributed by atoms with Gasteiger partial charge in [-0.05, 0) is 61.2 Å². The Balaban J connectivity index is 1.47. The molecular formula is C25H26N4O. The summed E-state index contributed by atoms with van der Waals surface area (Å²) in [6.07, 6.45) is 3.53. The summed E-state index contributed by atoms with van der Waals surface area (Å²) in [7, 11) is 0. The highest BCUT2D eigenvalue weighted by Crippen LogP contribution is 2.16. The Labute approximate surface area is 176 Å². The fourth-order valence-corrected chi connectivity index (χ4v) is 3.60. The van der Waals surface area contributed by atoms with Gasteiger partial charge in [0.15, 0.2) is 5.65 Å². The lowest BCUT2D eigenvalue weighted by molar-refractivity contribution is 0.0952. The Bertz CT molecular complexity index is 1160. The number of fused-ring (bicyclic) bond motifs is 1. The maximum atomic E-state index is 12.5. The van der Waals surface area contributed by atoms with Crippen molar-refractivity contribution in [2.75, 3.05) is 6.54 Å². The van der Waals surface area contributed by atoms with Crippen LogP contribution in [-0.4, -0.2) is 27.0 Å². The van der Waals surface area contributed by atoms with Gasteiger partial charge in [-0.15, -0.1) is 0 Å². The monoisotopic (exact) mass is 398 g/mol. The molecule has 2 aromatic heterocycles. The summed E-state index contributed by atoms with van der Waals surface area (Å²) in [5.74, 6) is 0.939. The normalized spacial score (nSPS) is 11.0. The van der Waals surface area contributed by atoms with Crippen LogP contribution in [0.15, 0.2) is 66.9 Å². The number of carbonyl (C=O) groups excluding carboxylic acids is 1. The molecule has 0 aliphatic carbocycles. The van der Waals surface area contributed by atoms with Gasteiger partial charge in [0.2, 0.25) is 0 Å². The fourth-order valence-electron chi connectivity index (χ4n) is 3.60. The molecule has 5 nitrogen and oxygen atoms in total. The maximum absolute atomic E-state index is 12.5. The Hall–Kier alpha value is -3.47. The molecule has 0 spiro atoms. The second-order valence-electron chi connectivity index (χ2n) is 7.57. The molecule has 0 aliphatic heterocycles. The molecule has 0 bridgehead atoms. The Morgan fingerprint density at radius 2 is 1.80 bits per heavy atom. The van der Waals surface area contributed by atoms with E-state index in [1.165, 1.54) is 11.1 Å². The average Bonchev–Trinajstić information content (AvgIpc) is 3.12. The zero-order chi connectivity index (χ0) is 20.9. The van der Waals surface area contributed by atoms with Crippen molar-refractivity contribution in [3.63, 3.8) is 0 Å². The predicted octanol–water partition coefficient (Wildman–Crippen LogP) is 4.26. The highest BCUT2D eigenvalue weighted by atomic mass is 16.1. The summed E-state index contributed by atoms with van der Waals surface area (Å²) in [6, 6.07) is 20.1. The van der Waals surface area contributed by atoms with E-state index in [0.717, 1.165) is 35.4 Å². The van der Waals surface area contributed by atoms with Crippen LogP contribution >= 0.6 is 0 Å². The number of rotatable bonds is 7. The van der Waals surface area contributed by atoms with E-state index in [0.29, 0.717) is 18.7 Å². The summed E-state index contributed by atoms with van der Waals surface area (Å²) in [5.41, 5.74) is 6.03. The molecule has 1 amide bonds. The van der Waals surface area contributed by atoms with Crippen molar-refractivity contribution in [2.24, 2.45) is 0 Å². The number of carbonyl (C=O) groups is 1. The number of aromatic nitrogens is 3. The largest absolute Gasteiger partial charge is 0.350 e. The van der Waals surface area contributed by atoms with Gasteiger partial charge >= 0.3 is 0 Å². The number of pyridine rings is 1. The molecule has 152 valence electrons. The van der Waals surface area contributed by atoms with Crippen molar-refractivity contribution in [3.05, 3.63) is 94.9 Å². The SMILES string of the molecule is Cc1ccc(C(=O)NCCn2c(CCc3ccccc3)nc3cccnc32)cc1C. The van der Waals surface area contributed by atoms with Gasteiger partial charge in [0, 0.05) is 31.3 Å². The third kappa shape index (κ3) is 4.40. The van der Waals surface area contributed by atoms with E-state index in [1.54, 1.807) is 6.20 Å². The summed E-state index contributed by atoms with van der Waals surface area (Å²) in [5, 5.41) is 3.03. The lowest BCUT2D eigenvalue weighted by Gasteiger charge is -2.11. The Morgan fingerprint density at radius 3 is 2.60 bits per heavy atom. The van der Waals surface area contributed by atoms with Gasteiger partial charge in [0.25, 0.3) is 5.91 Å². The van der Waals surface area contributed by atoms with Crippen LogP contribution in [0.1, 0.15) is 32.9 Å². The number of imidazole rings is 1. The zero-order valence-electron chi connectivity index (χ0n) is 17.4. The van der Waals surface area contributed by atoms with Crippen LogP contribution in [0.3, 0.4) is 0 Å². The van der Waals surface area contributed by atoms with Gasteiger partial charge in [-0.1, -0.05) is 36.4 Å². The molecule has 0 atom stereocenters. The van der Waals surface area contributed by atoms with Gasteiger partial charge in [-0.2, -0.15) is 0 Å². The Kier molecular flexibility index (Phi) is 5.89. The molecule has 2 heterocycles. The standard InChI is InChI=1S/C25H26N4O/c1-18-10-12-21(17-19(18)2)25(30)27-15-16-29-23(13-11-20-7-4-3-5-8-20)28-22-9-6-14-26-24(22)29/h3-10,12,14,17H,11,13,15-16H2,1-2H3,(H,27,30). The number of nitrogens with zero attached hydrogens (tertiary/aromatic N) is 3. The number of aryl methyl sites for hydroxylation is 4. The first-order valence-electron chi connectivity index (χ1n) is 10.3. The topological polar surface area (TPSA) is 59.8 Å². The number of benzene rings is 2. The minimum atomic E-state index is -0.0543. The first kappa shape index (κ1) is 19.8. The first-order chi connectivity index (χ1) is 14.6. The van der Waals surface area contributed by atoms with E-state index in [1.807, 2.05) is 50.2 Å². The fraction of sp³-hybridized carbons (Fsp3) is 0.240. The number of hydrogen-bond acceptors (Lipinski definition) is 3. The molecule has 2 aromatic carbocycles. The smallest absolute Gasteiger partial charge is 0.251 e. The van der Waals surface area contributed by atoms with Crippen molar-refractivity contribution in [1.29, 1.82) is 0 Å². The summed E-state index contributed by atoms with van der Waals surface area (Å²) >= 11 is 0. The van der Waals surface area contributed by atoms with Gasteiger partial charge in [-0.25, -0.2) is 9.97 Å². The number of nitrogens with one attached hydrogen (secondary N) is 1. The molecule has 1 N–H and O–H groups in total. The van der Waals surface area contributed by atoms with Crippen LogP contribution in [0.2, 0.25) is 0 Å². The minimum Gasteiger partial charge on any atom is -0.350 e. The van der Waals surface area contributed by atoms with Crippen LogP contribution < -0.4 is 5.32 Å². The molecule has 0 fully saturated rings. The molecular weight excluding hydrogens is 372 g/mol. The molecule has 30 heavy (non-hydrogen) atoms. The second-order valence-corrected chi connectivity index (χ2v) is 7.57. The zero-order valence-corrected chi connectivity index (χ0v) is 17.4. The summed E-state index contributed by atoms with van der Waals surface area (Å²) < 4.78 is 2.12. The summed E-state index contributed by atoms with van der Waals surface area (Å²) in [4.78, 5) is 21.9. The highest BCUT2D eigenvalue weighted by molar-refractivity contribution is 5.94. The van der Waals surface area contributed by atoms with Crippen molar-refractivity contribution >= 4 is 17.1 Å². The lowest BCUT2D eigenvalue weighted by atomic mass is 10.1. The maximum Gasteiger partial charge on any atom is 0.251 e. The highest BCUT2D eigenvalue weighted by Gasteiger charge is 2.12. The van der Waals surface area contributed by atoms with Crippen LogP contribution in [0, 0.1) is 13.8 Å². The van der Waals surface area contributed by atoms with Crippen molar-refractivity contribution in [1.82, 2.24) is 19.9 Å². The molecule has 0 aliphatic rings. The van der Waals surface area contributed by atoms with E-state index in [-0.39, 0.29) is 5.91 Å². The molecule has 4 rings (SSSR count). The van der Waals surface area contributed by atoms with Crippen LogP contribution in [0.4, 0.5) is 0 Å². The molecule has 0 unspecified atom stereocenters. The van der Waals surface area contributed by atoms with Crippen LogP contribution in [-0.2, 0) is 19.4 Å². The van der Waals surface area contributed by atoms with Crippen molar-refractivity contribution in [3.8, 4) is 0 Å². The molecule has 0 radical (unpaired) electrons. The quantitative estimate of drug-likeness (QED) is 0.506. The van der Waals surface area contributed by atoms with Crippen molar-refractivity contribution < 1.29 is 4.79 Å². The number of amides is 1. The van der Waals surface area contributed by atoms with E-state index in [4.69, 9.17) is 4.98 Å². The predicted molar refractivity (Wildman–Crippen MR) is 120 cm³/mol. The van der Waals surface area contributed by atoms with E-state index in [9.17, 15) is 4.79 Å².